The molecule has 3 rings (SSSR count). The predicted octanol–water partition coefficient (Wildman–Crippen LogP) is 5.55. The second-order valence-corrected chi connectivity index (χ2v) is 12.6. The first kappa shape index (κ1) is 28.1. The van der Waals surface area contributed by atoms with Gasteiger partial charge in [-0.1, -0.05) is 46.9 Å². The molecule has 1 amide bonds. The summed E-state index contributed by atoms with van der Waals surface area (Å²) in [5.41, 5.74) is 1.28. The lowest BCUT2D eigenvalue weighted by Crippen LogP contribution is -2.45. The molecule has 1 atom stereocenters. The quantitative estimate of drug-likeness (QED) is 0.357. The molecule has 0 radical (unpaired) electrons. The lowest BCUT2D eigenvalue weighted by Gasteiger charge is -2.29. The Hall–Kier alpha value is -2.50. The normalized spacial score (nSPS) is 12.6. The molecule has 3 aromatic carbocycles. The van der Waals surface area contributed by atoms with Crippen LogP contribution in [0.4, 0.5) is 17.1 Å². The van der Waals surface area contributed by atoms with E-state index in [-0.39, 0.29) is 32.0 Å². The number of hydrogen-bond donors (Lipinski definition) is 2. The van der Waals surface area contributed by atoms with Crippen molar-refractivity contribution in [2.75, 3.05) is 20.6 Å². The van der Waals surface area contributed by atoms with Crippen LogP contribution in [-0.2, 0) is 24.8 Å². The van der Waals surface area contributed by atoms with Crippen LogP contribution in [0.5, 0.6) is 0 Å². The molecular formula is C23H22Cl3N3O5S2. The zero-order chi connectivity index (χ0) is 26.8. The number of benzene rings is 3. The van der Waals surface area contributed by atoms with Gasteiger partial charge in [0, 0.05) is 10.7 Å². The average Bonchev–Trinajstić information content (AvgIpc) is 2.78. The van der Waals surface area contributed by atoms with E-state index < -0.39 is 32.0 Å². The van der Waals surface area contributed by atoms with Crippen LogP contribution >= 0.6 is 34.8 Å². The summed E-state index contributed by atoms with van der Waals surface area (Å²) in [5.74, 6) is -0.626. The summed E-state index contributed by atoms with van der Waals surface area (Å²) in [6.07, 6.45) is 0.996. The van der Waals surface area contributed by atoms with Crippen LogP contribution in [0.1, 0.15) is 12.5 Å². The molecule has 0 aromatic heterocycles. The molecule has 13 heteroatoms. The van der Waals surface area contributed by atoms with Gasteiger partial charge in [0.1, 0.15) is 6.04 Å². The van der Waals surface area contributed by atoms with Gasteiger partial charge in [-0.25, -0.2) is 16.8 Å². The number of anilines is 3. The van der Waals surface area contributed by atoms with Gasteiger partial charge in [-0.2, -0.15) is 0 Å². The van der Waals surface area contributed by atoms with Crippen LogP contribution in [0.25, 0.3) is 0 Å². The van der Waals surface area contributed by atoms with Crippen LogP contribution in [0, 0.1) is 6.92 Å². The highest BCUT2D eigenvalue weighted by atomic mass is 35.5. The zero-order valence-corrected chi connectivity index (χ0v) is 23.2. The lowest BCUT2D eigenvalue weighted by atomic mass is 10.1. The average molecular weight is 591 g/mol. The molecule has 0 aliphatic heterocycles. The van der Waals surface area contributed by atoms with Crippen LogP contribution < -0.4 is 14.3 Å². The van der Waals surface area contributed by atoms with Gasteiger partial charge < -0.3 is 5.32 Å². The van der Waals surface area contributed by atoms with Crippen LogP contribution in [-0.4, -0.2) is 35.0 Å². The monoisotopic (exact) mass is 589 g/mol. The molecular weight excluding hydrogens is 569 g/mol. The Morgan fingerprint density at radius 3 is 2.19 bits per heavy atom. The first-order valence-corrected chi connectivity index (χ1v) is 14.8. The van der Waals surface area contributed by atoms with Crippen molar-refractivity contribution >= 4 is 77.8 Å². The second-order valence-electron chi connectivity index (χ2n) is 7.89. The minimum atomic E-state index is -4.00. The van der Waals surface area contributed by atoms with E-state index in [1.807, 2.05) is 0 Å². The molecule has 0 saturated carbocycles. The number of carbonyl (C=O) groups is 1. The molecule has 8 nitrogen and oxygen atoms in total. The number of nitrogens with one attached hydrogen (secondary N) is 2. The minimum absolute atomic E-state index is 0.0611. The standard InChI is InChI=1S/C23H22Cl3N3O5S2/c1-14-7-8-16(24)13-21(14)29(35(3,31)32)15(2)23(30)27-17-9-11-18(12-10-17)36(33,34)28-20-6-4-5-19(25)22(20)26/h4-13,15,28H,1-3H3,(H,27,30)/t15-/m0/s1. The summed E-state index contributed by atoms with van der Waals surface area (Å²) < 4.78 is 53.9. The van der Waals surface area contributed by atoms with E-state index in [4.69, 9.17) is 34.8 Å². The molecule has 0 heterocycles. The van der Waals surface area contributed by atoms with Crippen molar-refractivity contribution in [1.82, 2.24) is 0 Å². The molecule has 0 saturated heterocycles. The number of hydrogen-bond acceptors (Lipinski definition) is 5. The summed E-state index contributed by atoms with van der Waals surface area (Å²) in [7, 11) is -7.85. The number of amides is 1. The maximum atomic E-state index is 13.0. The fourth-order valence-electron chi connectivity index (χ4n) is 3.35. The van der Waals surface area contributed by atoms with Crippen molar-refractivity contribution in [2.45, 2.75) is 24.8 Å². The maximum absolute atomic E-state index is 13.0. The number of aryl methyl sites for hydroxylation is 1. The van der Waals surface area contributed by atoms with Gasteiger partial charge in [0.05, 0.1) is 32.6 Å². The highest BCUT2D eigenvalue weighted by Gasteiger charge is 2.30. The van der Waals surface area contributed by atoms with Gasteiger partial charge in [0.25, 0.3) is 10.0 Å². The Bertz CT molecular complexity index is 1510. The summed E-state index contributed by atoms with van der Waals surface area (Å²) >= 11 is 18.0. The first-order valence-electron chi connectivity index (χ1n) is 10.3. The third-order valence-corrected chi connectivity index (χ3v) is 8.79. The number of halogens is 3. The van der Waals surface area contributed by atoms with Crippen LogP contribution in [0.15, 0.2) is 65.6 Å². The zero-order valence-electron chi connectivity index (χ0n) is 19.3. The van der Waals surface area contributed by atoms with Crippen molar-refractivity contribution < 1.29 is 21.6 Å². The van der Waals surface area contributed by atoms with Crippen LogP contribution in [0.3, 0.4) is 0 Å². The highest BCUT2D eigenvalue weighted by molar-refractivity contribution is 7.92. The smallest absolute Gasteiger partial charge is 0.261 e. The molecule has 0 fully saturated rings. The van der Waals surface area contributed by atoms with E-state index in [1.165, 1.54) is 49.4 Å². The van der Waals surface area contributed by atoms with Crippen molar-refractivity contribution in [3.63, 3.8) is 0 Å². The van der Waals surface area contributed by atoms with Gasteiger partial charge >= 0.3 is 0 Å². The molecule has 0 aliphatic rings. The van der Waals surface area contributed by atoms with Crippen molar-refractivity contribution in [2.24, 2.45) is 0 Å². The number of nitrogens with zero attached hydrogens (tertiary/aromatic N) is 1. The predicted molar refractivity (Wildman–Crippen MR) is 145 cm³/mol. The Labute approximate surface area is 225 Å². The van der Waals surface area contributed by atoms with Gasteiger partial charge in [-0.3, -0.25) is 13.8 Å². The Balaban J connectivity index is 1.81. The summed E-state index contributed by atoms with van der Waals surface area (Å²) in [6, 6.07) is 13.5. The van der Waals surface area contributed by atoms with E-state index >= 15 is 0 Å². The molecule has 0 bridgehead atoms. The second kappa shape index (κ2) is 10.9. The molecule has 3 aromatic rings. The van der Waals surface area contributed by atoms with Crippen molar-refractivity contribution in [1.29, 1.82) is 0 Å². The molecule has 0 unspecified atom stereocenters. The fourth-order valence-corrected chi connectivity index (χ4v) is 6.22. The first-order chi connectivity index (χ1) is 16.7. The SMILES string of the molecule is Cc1ccc(Cl)cc1N([C@@H](C)C(=O)Nc1ccc(S(=O)(=O)Nc2cccc(Cl)c2Cl)cc1)S(C)(=O)=O. The van der Waals surface area contributed by atoms with E-state index in [9.17, 15) is 21.6 Å². The Morgan fingerprint density at radius 2 is 1.58 bits per heavy atom. The van der Waals surface area contributed by atoms with E-state index in [0.29, 0.717) is 10.6 Å². The van der Waals surface area contributed by atoms with Gasteiger partial charge in [-0.15, -0.1) is 0 Å². The van der Waals surface area contributed by atoms with Gasteiger partial charge in [0.15, 0.2) is 0 Å². The fraction of sp³-hybridized carbons (Fsp3) is 0.174. The lowest BCUT2D eigenvalue weighted by molar-refractivity contribution is -0.116. The van der Waals surface area contributed by atoms with E-state index in [2.05, 4.69) is 10.0 Å². The summed E-state index contributed by atoms with van der Waals surface area (Å²) in [6.45, 7) is 3.15. The molecule has 0 spiro atoms. The van der Waals surface area contributed by atoms with E-state index in [1.54, 1.807) is 25.1 Å². The van der Waals surface area contributed by atoms with Crippen molar-refractivity contribution in [3.8, 4) is 0 Å². The van der Waals surface area contributed by atoms with Gasteiger partial charge in [-0.05, 0) is 67.9 Å². The number of rotatable bonds is 8. The van der Waals surface area contributed by atoms with E-state index in [0.717, 1.165) is 10.6 Å². The topological polar surface area (TPSA) is 113 Å². The minimum Gasteiger partial charge on any atom is -0.324 e. The Morgan fingerprint density at radius 1 is 0.944 bits per heavy atom. The maximum Gasteiger partial charge on any atom is 0.261 e. The van der Waals surface area contributed by atoms with Crippen molar-refractivity contribution in [3.05, 3.63) is 81.3 Å². The number of carbonyl (C=O) groups excluding carboxylic acids is 1. The highest BCUT2D eigenvalue weighted by Crippen LogP contribution is 2.32. The summed E-state index contributed by atoms with van der Waals surface area (Å²) in [5, 5.41) is 3.19. The molecule has 0 aliphatic carbocycles. The number of sulfonamides is 2. The van der Waals surface area contributed by atoms with Gasteiger partial charge in [0.2, 0.25) is 15.9 Å². The Kier molecular flexibility index (Phi) is 8.47. The summed E-state index contributed by atoms with van der Waals surface area (Å²) in [4.78, 5) is 12.9. The third kappa shape index (κ3) is 6.43. The largest absolute Gasteiger partial charge is 0.324 e. The van der Waals surface area contributed by atoms with Crippen LogP contribution in [0.2, 0.25) is 15.1 Å². The molecule has 192 valence electrons. The third-order valence-electron chi connectivity index (χ3n) is 5.13. The molecule has 36 heavy (non-hydrogen) atoms. The molecule has 2 N–H and O–H groups in total.